The van der Waals surface area contributed by atoms with Crippen LogP contribution in [0.15, 0.2) is 5.51 Å². The lowest BCUT2D eigenvalue weighted by Gasteiger charge is -2.49. The second kappa shape index (κ2) is 6.95. The third-order valence-corrected chi connectivity index (χ3v) is 6.28. The second-order valence-corrected chi connectivity index (χ2v) is 8.06. The molecular formula is C17H29N3OS. The van der Waals surface area contributed by atoms with E-state index in [1.165, 1.54) is 30.0 Å². The first kappa shape index (κ1) is 16.4. The molecule has 1 aromatic heterocycles. The molecule has 3 atom stereocenters. The summed E-state index contributed by atoms with van der Waals surface area (Å²) in [4.78, 5) is 11.0. The van der Waals surface area contributed by atoms with Crippen LogP contribution in [0, 0.1) is 12.8 Å². The number of hydrogen-bond acceptors (Lipinski definition) is 5. The molecule has 4 nitrogen and oxygen atoms in total. The highest BCUT2D eigenvalue weighted by Gasteiger charge is 2.41. The first-order chi connectivity index (χ1) is 10.6. The number of ether oxygens (including phenoxy) is 1. The van der Waals surface area contributed by atoms with Crippen molar-refractivity contribution in [2.75, 3.05) is 26.7 Å². The summed E-state index contributed by atoms with van der Waals surface area (Å²) in [5, 5.41) is 0. The van der Waals surface area contributed by atoms with Crippen LogP contribution in [0.3, 0.4) is 0 Å². The Balaban J connectivity index is 1.74. The third-order valence-electron chi connectivity index (χ3n) is 5.36. The predicted molar refractivity (Wildman–Crippen MR) is 91.3 cm³/mol. The van der Waals surface area contributed by atoms with Gasteiger partial charge in [-0.25, -0.2) is 4.98 Å². The average molecular weight is 324 g/mol. The zero-order valence-electron chi connectivity index (χ0n) is 14.3. The maximum atomic E-state index is 6.19. The van der Waals surface area contributed by atoms with Gasteiger partial charge in [-0.05, 0) is 46.6 Å². The number of thiazole rings is 1. The Hall–Kier alpha value is -0.490. The number of likely N-dealkylation sites (N-methyl/N-ethyl adjacent to an activating group) is 1. The SMILES string of the molecule is Cc1ncsc1CN1C[C@H]2CCCO[C@H]2[C@H](N(C)C(C)C)C1. The van der Waals surface area contributed by atoms with E-state index in [0.29, 0.717) is 24.1 Å². The van der Waals surface area contributed by atoms with Crippen LogP contribution >= 0.6 is 11.3 Å². The van der Waals surface area contributed by atoms with Crippen molar-refractivity contribution in [2.24, 2.45) is 5.92 Å². The van der Waals surface area contributed by atoms with Gasteiger partial charge >= 0.3 is 0 Å². The van der Waals surface area contributed by atoms with Gasteiger partial charge in [-0.2, -0.15) is 0 Å². The summed E-state index contributed by atoms with van der Waals surface area (Å²) in [5.41, 5.74) is 3.17. The number of hydrogen-bond donors (Lipinski definition) is 0. The van der Waals surface area contributed by atoms with Crippen LogP contribution < -0.4 is 0 Å². The molecule has 3 rings (SSSR count). The fourth-order valence-electron chi connectivity index (χ4n) is 3.81. The quantitative estimate of drug-likeness (QED) is 0.852. The van der Waals surface area contributed by atoms with Gasteiger partial charge in [0.25, 0.3) is 0 Å². The molecule has 22 heavy (non-hydrogen) atoms. The highest BCUT2D eigenvalue weighted by atomic mass is 32.1. The van der Waals surface area contributed by atoms with Crippen LogP contribution in [0.5, 0.6) is 0 Å². The van der Waals surface area contributed by atoms with Crippen LogP contribution in [-0.4, -0.2) is 59.7 Å². The maximum absolute atomic E-state index is 6.19. The molecule has 2 aliphatic rings. The molecule has 0 saturated carbocycles. The van der Waals surface area contributed by atoms with Gasteiger partial charge in [0.2, 0.25) is 0 Å². The van der Waals surface area contributed by atoms with E-state index < -0.39 is 0 Å². The van der Waals surface area contributed by atoms with E-state index in [1.807, 2.05) is 5.51 Å². The number of nitrogens with zero attached hydrogens (tertiary/aromatic N) is 3. The van der Waals surface area contributed by atoms with E-state index in [1.54, 1.807) is 11.3 Å². The monoisotopic (exact) mass is 323 g/mol. The molecule has 5 heteroatoms. The molecule has 0 radical (unpaired) electrons. The van der Waals surface area contributed by atoms with E-state index in [4.69, 9.17) is 4.74 Å². The third kappa shape index (κ3) is 3.37. The van der Waals surface area contributed by atoms with Gasteiger partial charge in [0, 0.05) is 43.2 Å². The number of aryl methyl sites for hydroxylation is 1. The molecule has 124 valence electrons. The zero-order chi connectivity index (χ0) is 15.7. The summed E-state index contributed by atoms with van der Waals surface area (Å²) in [6.45, 7) is 11.0. The number of likely N-dealkylation sites (tertiary alicyclic amines) is 1. The molecule has 0 amide bonds. The van der Waals surface area contributed by atoms with Gasteiger partial charge in [0.1, 0.15) is 0 Å². The molecule has 1 aromatic rings. The number of piperidine rings is 1. The lowest BCUT2D eigenvalue weighted by Crippen LogP contribution is -2.61. The smallest absolute Gasteiger partial charge is 0.0798 e. The summed E-state index contributed by atoms with van der Waals surface area (Å²) in [5.74, 6) is 0.682. The van der Waals surface area contributed by atoms with Crippen LogP contribution in [0.1, 0.15) is 37.3 Å². The Kier molecular flexibility index (Phi) is 5.17. The van der Waals surface area contributed by atoms with Gasteiger partial charge in [0.05, 0.1) is 17.3 Å². The first-order valence-electron chi connectivity index (χ1n) is 8.51. The van der Waals surface area contributed by atoms with Crippen LogP contribution in [0.2, 0.25) is 0 Å². The van der Waals surface area contributed by atoms with Crippen molar-refractivity contribution in [1.82, 2.24) is 14.8 Å². The van der Waals surface area contributed by atoms with E-state index in [-0.39, 0.29) is 0 Å². The van der Waals surface area contributed by atoms with Gasteiger partial charge < -0.3 is 4.74 Å². The van der Waals surface area contributed by atoms with Crippen LogP contribution in [0.25, 0.3) is 0 Å². The molecule has 0 N–H and O–H groups in total. The van der Waals surface area contributed by atoms with Crippen molar-refractivity contribution in [3.8, 4) is 0 Å². The summed E-state index contributed by atoms with van der Waals surface area (Å²) >= 11 is 1.79. The van der Waals surface area contributed by atoms with Crippen molar-refractivity contribution in [3.63, 3.8) is 0 Å². The van der Waals surface area contributed by atoms with Crippen LogP contribution in [-0.2, 0) is 11.3 Å². The summed E-state index contributed by atoms with van der Waals surface area (Å²) in [6, 6.07) is 1.06. The molecule has 0 unspecified atom stereocenters. The number of fused-ring (bicyclic) bond motifs is 1. The molecule has 0 aliphatic carbocycles. The minimum absolute atomic E-state index is 0.417. The van der Waals surface area contributed by atoms with Gasteiger partial charge in [-0.3, -0.25) is 9.80 Å². The number of aromatic nitrogens is 1. The van der Waals surface area contributed by atoms with E-state index in [2.05, 4.69) is 42.6 Å². The lowest BCUT2D eigenvalue weighted by atomic mass is 9.84. The van der Waals surface area contributed by atoms with Crippen molar-refractivity contribution < 1.29 is 4.74 Å². The van der Waals surface area contributed by atoms with Gasteiger partial charge in [-0.15, -0.1) is 11.3 Å². The molecule has 2 saturated heterocycles. The molecule has 0 spiro atoms. The van der Waals surface area contributed by atoms with Crippen molar-refractivity contribution in [1.29, 1.82) is 0 Å². The molecule has 2 aliphatic heterocycles. The Labute approximate surface area is 138 Å². The normalized spacial score (nSPS) is 30.0. The summed E-state index contributed by atoms with van der Waals surface area (Å²) in [6.07, 6.45) is 2.94. The molecule has 2 fully saturated rings. The molecular weight excluding hydrogens is 294 g/mol. The summed E-state index contributed by atoms with van der Waals surface area (Å²) in [7, 11) is 2.26. The summed E-state index contributed by atoms with van der Waals surface area (Å²) < 4.78 is 6.19. The van der Waals surface area contributed by atoms with Gasteiger partial charge in [-0.1, -0.05) is 0 Å². The highest BCUT2D eigenvalue weighted by Crippen LogP contribution is 2.32. The molecule has 0 bridgehead atoms. The Morgan fingerprint density at radius 3 is 2.95 bits per heavy atom. The molecule has 3 heterocycles. The fraction of sp³-hybridized carbons (Fsp3) is 0.824. The van der Waals surface area contributed by atoms with Crippen molar-refractivity contribution in [3.05, 3.63) is 16.1 Å². The standard InChI is InChI=1S/C17H29N3OS/c1-12(2)19(4)15-9-20(10-16-13(3)18-11-22-16)8-14-6-5-7-21-17(14)15/h11-12,14-15,17H,5-10H2,1-4H3/t14-,15-,17-/m1/s1. The average Bonchev–Trinajstić information content (AvgIpc) is 2.91. The Bertz CT molecular complexity index is 490. The van der Waals surface area contributed by atoms with E-state index >= 15 is 0 Å². The van der Waals surface area contributed by atoms with Crippen molar-refractivity contribution in [2.45, 2.75) is 58.3 Å². The minimum atomic E-state index is 0.417. The minimum Gasteiger partial charge on any atom is -0.376 e. The molecule has 0 aromatic carbocycles. The van der Waals surface area contributed by atoms with E-state index in [0.717, 1.165) is 19.7 Å². The predicted octanol–water partition coefficient (Wildman–Crippen LogP) is 2.77. The second-order valence-electron chi connectivity index (χ2n) is 7.12. The van der Waals surface area contributed by atoms with Crippen LogP contribution in [0.4, 0.5) is 0 Å². The van der Waals surface area contributed by atoms with E-state index in [9.17, 15) is 0 Å². The van der Waals surface area contributed by atoms with Gasteiger partial charge in [0.15, 0.2) is 0 Å². The topological polar surface area (TPSA) is 28.6 Å². The largest absolute Gasteiger partial charge is 0.376 e. The lowest BCUT2D eigenvalue weighted by molar-refractivity contribution is -0.116. The fourth-order valence-corrected chi connectivity index (χ4v) is 4.63. The van der Waals surface area contributed by atoms with Crippen molar-refractivity contribution >= 4 is 11.3 Å². The first-order valence-corrected chi connectivity index (χ1v) is 9.39. The maximum Gasteiger partial charge on any atom is 0.0798 e. The number of rotatable bonds is 4. The zero-order valence-corrected chi connectivity index (χ0v) is 15.1. The Morgan fingerprint density at radius 2 is 2.27 bits per heavy atom. The highest BCUT2D eigenvalue weighted by molar-refractivity contribution is 7.09. The Morgan fingerprint density at radius 1 is 1.45 bits per heavy atom.